The third-order valence-corrected chi connectivity index (χ3v) is 0.250. The summed E-state index contributed by atoms with van der Waals surface area (Å²) in [5.74, 6) is 0. The van der Waals surface area contributed by atoms with Crippen LogP contribution in [0, 0.1) is 13.8 Å². The van der Waals surface area contributed by atoms with Gasteiger partial charge in [-0.1, -0.05) is 0 Å². The summed E-state index contributed by atoms with van der Waals surface area (Å²) in [7, 11) is 9.78. The molecule has 0 aliphatic carbocycles. The maximum atomic E-state index is 4.89. The van der Waals surface area contributed by atoms with E-state index in [1.807, 2.05) is 0 Å². The predicted octanol–water partition coefficient (Wildman–Crippen LogP) is 2.81. The van der Waals surface area contributed by atoms with E-state index >= 15 is 0 Å². The van der Waals surface area contributed by atoms with Crippen LogP contribution in [-0.2, 0) is 17.0 Å². The van der Waals surface area contributed by atoms with E-state index in [0.717, 1.165) is 12.8 Å². The van der Waals surface area contributed by atoms with E-state index in [1.165, 1.54) is 0 Å². The van der Waals surface area contributed by atoms with Gasteiger partial charge >= 0.3 is 35.6 Å². The van der Waals surface area contributed by atoms with Crippen LogP contribution < -0.4 is 0 Å². The summed E-state index contributed by atoms with van der Waals surface area (Å²) in [4.78, 5) is 0. The number of unbranched alkanes of at least 4 members (excludes halogenated alkanes) is 1. The molecule has 0 unspecified atom stereocenters. The van der Waals surface area contributed by atoms with Gasteiger partial charge < -0.3 is 13.8 Å². The molecule has 0 spiro atoms. The molecule has 3 heteroatoms. The minimum atomic E-state index is -0.556. The van der Waals surface area contributed by atoms with Gasteiger partial charge in [-0.05, 0) is 0 Å². The van der Waals surface area contributed by atoms with Crippen LogP contribution in [0.2, 0.25) is 0 Å². The van der Waals surface area contributed by atoms with E-state index in [2.05, 4.69) is 13.8 Å². The van der Waals surface area contributed by atoms with Gasteiger partial charge in [-0.2, -0.15) is 0 Å². The third kappa shape index (κ3) is 38.8. The molecule has 0 aromatic carbocycles. The Morgan fingerprint density at radius 1 is 1.14 bits per heavy atom. The molecular weight excluding hydrogens is 167 g/mol. The Morgan fingerprint density at radius 3 is 1.29 bits per heavy atom. The Hall–Kier alpha value is 1.29. The third-order valence-electron chi connectivity index (χ3n) is 0.250. The van der Waals surface area contributed by atoms with E-state index in [0.29, 0.717) is 0 Å². The van der Waals surface area contributed by atoms with Gasteiger partial charge in [0.15, 0.2) is 0 Å². The van der Waals surface area contributed by atoms with Crippen LogP contribution in [0.5, 0.6) is 0 Å². The van der Waals surface area contributed by atoms with Gasteiger partial charge in [0.25, 0.3) is 0 Å². The van der Waals surface area contributed by atoms with Crippen molar-refractivity contribution < 1.29 is 17.0 Å². The molecule has 0 aliphatic heterocycles. The van der Waals surface area contributed by atoms with Crippen molar-refractivity contribution in [2.45, 2.75) is 12.8 Å². The van der Waals surface area contributed by atoms with E-state index in [1.54, 1.807) is 0 Å². The molecule has 0 radical (unpaired) electrons. The zero-order valence-electron chi connectivity index (χ0n) is 4.08. The fourth-order valence-corrected chi connectivity index (χ4v) is 0. The van der Waals surface area contributed by atoms with Crippen molar-refractivity contribution in [2.75, 3.05) is 0 Å². The van der Waals surface area contributed by atoms with Crippen LogP contribution in [0.3, 0.4) is 0 Å². The second kappa shape index (κ2) is 15.7. The minimum absolute atomic E-state index is 0.556. The molecule has 0 aliphatic rings. The summed E-state index contributed by atoms with van der Waals surface area (Å²) >= 11 is -0.556. The van der Waals surface area contributed by atoms with Gasteiger partial charge in [0.05, 0.1) is 0 Å². The van der Waals surface area contributed by atoms with Crippen LogP contribution in [0.1, 0.15) is 12.8 Å². The van der Waals surface area contributed by atoms with Gasteiger partial charge in [0, 0.05) is 0 Å². The molecule has 44 valence electrons. The molecule has 0 rings (SSSR count). The van der Waals surface area contributed by atoms with E-state index in [9.17, 15) is 0 Å². The topological polar surface area (TPSA) is 0 Å². The molecule has 0 aromatic rings. The van der Waals surface area contributed by atoms with Gasteiger partial charge in [-0.15, -0.1) is 0 Å². The Balaban J connectivity index is 0. The first-order valence-electron chi connectivity index (χ1n) is 1.88. The van der Waals surface area contributed by atoms with Crippen LogP contribution in [0.15, 0.2) is 0 Å². The molecule has 7 heavy (non-hydrogen) atoms. The summed E-state index contributed by atoms with van der Waals surface area (Å²) in [6, 6.07) is 0. The Labute approximate surface area is 62.3 Å². The fraction of sp³-hybridized carbons (Fsp3) is 0.500. The number of rotatable bonds is 1. The van der Waals surface area contributed by atoms with Crippen molar-refractivity contribution in [3.8, 4) is 0 Å². The summed E-state index contributed by atoms with van der Waals surface area (Å²) in [6.07, 6.45) is 1.92. The molecular formula is C4H8Cl2Ti-2. The average Bonchev–Trinajstić information content (AvgIpc) is 1.69. The van der Waals surface area contributed by atoms with Crippen molar-refractivity contribution in [3.63, 3.8) is 0 Å². The Kier molecular flexibility index (Phi) is 24.9. The average molecular weight is 175 g/mol. The van der Waals surface area contributed by atoms with Crippen LogP contribution >= 0.6 is 18.6 Å². The second-order valence-electron chi connectivity index (χ2n) is 0.779. The molecule has 0 N–H and O–H groups in total. The van der Waals surface area contributed by atoms with Crippen LogP contribution in [0.4, 0.5) is 0 Å². The van der Waals surface area contributed by atoms with Gasteiger partial charge in [-0.3, -0.25) is 0 Å². The monoisotopic (exact) mass is 174 g/mol. The molecule has 0 fully saturated rings. The molecule has 0 atom stereocenters. The summed E-state index contributed by atoms with van der Waals surface area (Å²) in [6.45, 7) is 7.08. The van der Waals surface area contributed by atoms with Gasteiger partial charge in [0.1, 0.15) is 0 Å². The van der Waals surface area contributed by atoms with Crippen LogP contribution in [-0.4, -0.2) is 0 Å². The second-order valence-corrected chi connectivity index (χ2v) is 3.36. The van der Waals surface area contributed by atoms with Gasteiger partial charge in [-0.25, -0.2) is 12.8 Å². The number of halogens is 2. The molecule has 0 saturated carbocycles. The predicted molar refractivity (Wildman–Crippen MR) is 31.7 cm³/mol. The molecule has 0 heterocycles. The first-order valence-corrected chi connectivity index (χ1v) is 6.18. The van der Waals surface area contributed by atoms with Gasteiger partial charge in [0.2, 0.25) is 0 Å². The zero-order chi connectivity index (χ0) is 6.12. The SMILES string of the molecule is [CH2-]CC[CH2-].[Cl][Ti][Cl]. The van der Waals surface area contributed by atoms with Crippen molar-refractivity contribution in [3.05, 3.63) is 13.8 Å². The quantitative estimate of drug-likeness (QED) is 0.424. The first kappa shape index (κ1) is 11.1. The van der Waals surface area contributed by atoms with Crippen molar-refractivity contribution in [1.82, 2.24) is 0 Å². The molecule has 0 bridgehead atoms. The molecule has 0 aromatic heterocycles. The first-order chi connectivity index (χ1) is 3.33. The van der Waals surface area contributed by atoms with E-state index in [-0.39, 0.29) is 0 Å². The Bertz CT molecular complexity index is 17.2. The molecule has 0 saturated heterocycles. The summed E-state index contributed by atoms with van der Waals surface area (Å²) < 4.78 is 0. The summed E-state index contributed by atoms with van der Waals surface area (Å²) in [5, 5.41) is 0. The normalized spacial score (nSPS) is 6.29. The van der Waals surface area contributed by atoms with E-state index < -0.39 is 17.0 Å². The number of hydrogen-bond acceptors (Lipinski definition) is 0. The molecule has 0 nitrogen and oxygen atoms in total. The molecule has 0 amide bonds. The standard InChI is InChI=1S/C4H8.2ClH.Ti/c1-3-4-2;;;/h1-4H2;2*1H;/q-2;;;+2/p-2. The zero-order valence-corrected chi connectivity index (χ0v) is 7.16. The van der Waals surface area contributed by atoms with Crippen LogP contribution in [0.25, 0.3) is 0 Å². The Morgan fingerprint density at radius 2 is 1.29 bits per heavy atom. The van der Waals surface area contributed by atoms with E-state index in [4.69, 9.17) is 18.6 Å². The summed E-state index contributed by atoms with van der Waals surface area (Å²) in [5.41, 5.74) is 0. The van der Waals surface area contributed by atoms with Crippen molar-refractivity contribution in [2.24, 2.45) is 0 Å². The van der Waals surface area contributed by atoms with Crippen molar-refractivity contribution >= 4 is 18.6 Å². The number of hydrogen-bond donors (Lipinski definition) is 0. The fourth-order valence-electron chi connectivity index (χ4n) is 0. The maximum absolute atomic E-state index is 4.89. The van der Waals surface area contributed by atoms with Crippen molar-refractivity contribution in [1.29, 1.82) is 0 Å².